The predicted molar refractivity (Wildman–Crippen MR) is 50.7 cm³/mol. The van der Waals surface area contributed by atoms with Crippen molar-refractivity contribution in [1.82, 2.24) is 15.3 Å². The van der Waals surface area contributed by atoms with Gasteiger partial charge in [0.05, 0.1) is 6.20 Å². The lowest BCUT2D eigenvalue weighted by molar-refractivity contribution is 0.0958. The van der Waals surface area contributed by atoms with Crippen molar-refractivity contribution in [1.29, 1.82) is 0 Å². The molecule has 1 heterocycles. The van der Waals surface area contributed by atoms with E-state index in [0.717, 1.165) is 5.82 Å². The molecule has 0 fully saturated rings. The molecule has 2 N–H and O–H groups in total. The van der Waals surface area contributed by atoms with Gasteiger partial charge in [0.2, 0.25) is 0 Å². The van der Waals surface area contributed by atoms with Crippen LogP contribution in [0.15, 0.2) is 6.20 Å². The Kier molecular flexibility index (Phi) is 2.40. The van der Waals surface area contributed by atoms with Crippen molar-refractivity contribution in [3.63, 3.8) is 0 Å². The number of aromatic amines is 1. The first-order chi connectivity index (χ1) is 5.95. The van der Waals surface area contributed by atoms with Gasteiger partial charge >= 0.3 is 0 Å². The highest BCUT2D eigenvalue weighted by molar-refractivity contribution is 5.91. The first-order valence-corrected chi connectivity index (χ1v) is 4.22. The third kappa shape index (κ3) is 2.08. The smallest absolute Gasteiger partial charge is 0.269 e. The van der Waals surface area contributed by atoms with E-state index in [-0.39, 0.29) is 11.3 Å². The molecule has 0 saturated heterocycles. The van der Waals surface area contributed by atoms with E-state index in [1.54, 1.807) is 13.2 Å². The Morgan fingerprint density at radius 2 is 2.15 bits per heavy atom. The summed E-state index contributed by atoms with van der Waals surface area (Å²) in [5, 5.41) is 2.54. The van der Waals surface area contributed by atoms with Gasteiger partial charge in [-0.15, -0.1) is 0 Å². The summed E-state index contributed by atoms with van der Waals surface area (Å²) in [6.07, 6.45) is 1.55. The number of carbonyl (C=O) groups is 1. The Morgan fingerprint density at radius 3 is 2.54 bits per heavy atom. The highest BCUT2D eigenvalue weighted by Crippen LogP contribution is 2.18. The Morgan fingerprint density at radius 1 is 1.54 bits per heavy atom. The molecule has 0 radical (unpaired) electrons. The number of amides is 1. The lowest BCUT2D eigenvalue weighted by Gasteiger charge is -2.13. The molecule has 1 amide bonds. The maximum Gasteiger partial charge on any atom is 0.269 e. The highest BCUT2D eigenvalue weighted by Gasteiger charge is 2.18. The van der Waals surface area contributed by atoms with Crippen LogP contribution in [-0.4, -0.2) is 22.9 Å². The van der Waals surface area contributed by atoms with E-state index < -0.39 is 0 Å². The van der Waals surface area contributed by atoms with Crippen molar-refractivity contribution < 1.29 is 4.79 Å². The fraction of sp³-hybridized carbons (Fsp3) is 0.556. The zero-order valence-electron chi connectivity index (χ0n) is 8.43. The molecule has 4 nitrogen and oxygen atoms in total. The quantitative estimate of drug-likeness (QED) is 0.680. The largest absolute Gasteiger partial charge is 0.354 e. The van der Waals surface area contributed by atoms with Crippen LogP contribution >= 0.6 is 0 Å². The Balaban J connectivity index is 2.93. The summed E-state index contributed by atoms with van der Waals surface area (Å²) in [6, 6.07) is 0. The predicted octanol–water partition coefficient (Wildman–Crippen LogP) is 1.07. The van der Waals surface area contributed by atoms with Crippen molar-refractivity contribution >= 4 is 5.91 Å². The third-order valence-electron chi connectivity index (χ3n) is 1.76. The van der Waals surface area contributed by atoms with E-state index in [1.807, 2.05) is 20.8 Å². The molecule has 72 valence electrons. The second-order valence-corrected chi connectivity index (χ2v) is 3.97. The second kappa shape index (κ2) is 3.20. The van der Waals surface area contributed by atoms with Crippen LogP contribution in [0.2, 0.25) is 0 Å². The third-order valence-corrected chi connectivity index (χ3v) is 1.76. The van der Waals surface area contributed by atoms with Crippen molar-refractivity contribution in [3.8, 4) is 0 Å². The van der Waals surface area contributed by atoms with Crippen molar-refractivity contribution in [2.45, 2.75) is 26.2 Å². The van der Waals surface area contributed by atoms with E-state index >= 15 is 0 Å². The van der Waals surface area contributed by atoms with Gasteiger partial charge in [-0.2, -0.15) is 0 Å². The van der Waals surface area contributed by atoms with E-state index in [1.165, 1.54) is 0 Å². The van der Waals surface area contributed by atoms with Gasteiger partial charge in [0.25, 0.3) is 5.91 Å². The Labute approximate surface area is 77.8 Å². The maximum absolute atomic E-state index is 11.2. The molecule has 1 rings (SSSR count). The van der Waals surface area contributed by atoms with Crippen LogP contribution in [0.3, 0.4) is 0 Å². The molecule has 1 aromatic heterocycles. The SMILES string of the molecule is CNC(=O)c1cnc(C(C)(C)C)[nH]1. The monoisotopic (exact) mass is 181 g/mol. The molecule has 0 aliphatic rings. The number of H-pyrrole nitrogens is 1. The van der Waals surface area contributed by atoms with E-state index in [2.05, 4.69) is 15.3 Å². The minimum Gasteiger partial charge on any atom is -0.354 e. The molecule has 13 heavy (non-hydrogen) atoms. The van der Waals surface area contributed by atoms with Crippen LogP contribution in [-0.2, 0) is 5.41 Å². The molecular weight excluding hydrogens is 166 g/mol. The average Bonchev–Trinajstić information content (AvgIpc) is 2.50. The van der Waals surface area contributed by atoms with Crippen LogP contribution in [0.4, 0.5) is 0 Å². The number of aromatic nitrogens is 2. The van der Waals surface area contributed by atoms with Gasteiger partial charge in [-0.05, 0) is 0 Å². The molecule has 0 atom stereocenters. The summed E-state index contributed by atoms with van der Waals surface area (Å²) in [5.74, 6) is 0.689. The number of carbonyl (C=O) groups excluding carboxylic acids is 1. The van der Waals surface area contributed by atoms with E-state index in [0.29, 0.717) is 5.69 Å². The maximum atomic E-state index is 11.2. The summed E-state index contributed by atoms with van der Waals surface area (Å²) in [7, 11) is 1.60. The standard InChI is InChI=1S/C9H15N3O/c1-9(2,3)8-11-5-6(12-8)7(13)10-4/h5H,1-4H3,(H,10,13)(H,11,12). The van der Waals surface area contributed by atoms with E-state index in [9.17, 15) is 4.79 Å². The number of hydrogen-bond donors (Lipinski definition) is 2. The lowest BCUT2D eigenvalue weighted by Crippen LogP contribution is -2.19. The van der Waals surface area contributed by atoms with Gasteiger partial charge in [0, 0.05) is 12.5 Å². The first-order valence-electron chi connectivity index (χ1n) is 4.22. The normalized spacial score (nSPS) is 11.4. The second-order valence-electron chi connectivity index (χ2n) is 3.97. The van der Waals surface area contributed by atoms with Crippen molar-refractivity contribution in [2.24, 2.45) is 0 Å². The van der Waals surface area contributed by atoms with Crippen molar-refractivity contribution in [3.05, 3.63) is 17.7 Å². The van der Waals surface area contributed by atoms with Gasteiger partial charge in [-0.1, -0.05) is 20.8 Å². The fourth-order valence-corrected chi connectivity index (χ4v) is 0.952. The van der Waals surface area contributed by atoms with Gasteiger partial charge in [-0.3, -0.25) is 4.79 Å². The van der Waals surface area contributed by atoms with Crippen LogP contribution in [0.25, 0.3) is 0 Å². The molecule has 0 unspecified atom stereocenters. The van der Waals surface area contributed by atoms with Gasteiger partial charge in [0.15, 0.2) is 0 Å². The zero-order valence-corrected chi connectivity index (χ0v) is 8.43. The molecule has 0 bridgehead atoms. The summed E-state index contributed by atoms with van der Waals surface area (Å²) in [6.45, 7) is 6.12. The van der Waals surface area contributed by atoms with E-state index in [4.69, 9.17) is 0 Å². The van der Waals surface area contributed by atoms with Gasteiger partial charge in [-0.25, -0.2) is 4.98 Å². The highest BCUT2D eigenvalue weighted by atomic mass is 16.1. The molecule has 0 aromatic carbocycles. The molecule has 1 aromatic rings. The van der Waals surface area contributed by atoms with Gasteiger partial charge < -0.3 is 10.3 Å². The fourth-order valence-electron chi connectivity index (χ4n) is 0.952. The first kappa shape index (κ1) is 9.77. The average molecular weight is 181 g/mol. The number of hydrogen-bond acceptors (Lipinski definition) is 2. The summed E-state index contributed by atoms with van der Waals surface area (Å²) < 4.78 is 0. The number of nitrogens with zero attached hydrogens (tertiary/aromatic N) is 1. The molecular formula is C9H15N3O. The van der Waals surface area contributed by atoms with Crippen molar-refractivity contribution in [2.75, 3.05) is 7.05 Å². The van der Waals surface area contributed by atoms with Crippen LogP contribution in [0.5, 0.6) is 0 Å². The summed E-state index contributed by atoms with van der Waals surface area (Å²) >= 11 is 0. The minimum atomic E-state index is -0.136. The summed E-state index contributed by atoms with van der Waals surface area (Å²) in [5.41, 5.74) is 0.458. The molecule has 0 spiro atoms. The lowest BCUT2D eigenvalue weighted by atomic mass is 9.96. The summed E-state index contributed by atoms with van der Waals surface area (Å²) in [4.78, 5) is 18.3. The topological polar surface area (TPSA) is 57.8 Å². The number of rotatable bonds is 1. The Hall–Kier alpha value is -1.32. The molecule has 4 heteroatoms. The van der Waals surface area contributed by atoms with Gasteiger partial charge in [0.1, 0.15) is 11.5 Å². The number of nitrogens with one attached hydrogen (secondary N) is 2. The molecule has 0 saturated carbocycles. The molecule has 0 aliphatic heterocycles. The zero-order chi connectivity index (χ0) is 10.1. The Bertz CT molecular complexity index is 309. The van der Waals surface area contributed by atoms with Crippen LogP contribution in [0.1, 0.15) is 37.1 Å². The number of imidazole rings is 1. The van der Waals surface area contributed by atoms with Crippen LogP contribution < -0.4 is 5.32 Å². The van der Waals surface area contributed by atoms with Crippen LogP contribution in [0, 0.1) is 0 Å². The molecule has 0 aliphatic carbocycles. The minimum absolute atomic E-state index is 0.0493.